The molecular weight excluding hydrogens is 251 g/mol. The fourth-order valence-corrected chi connectivity index (χ4v) is 1.95. The van der Waals surface area contributed by atoms with Crippen LogP contribution in [0, 0.1) is 0 Å². The smallest absolute Gasteiger partial charge is 0.326 e. The second-order valence-electron chi connectivity index (χ2n) is 4.14. The number of aliphatic hydroxyl groups is 3. The molecule has 3 amide bonds. The van der Waals surface area contributed by atoms with E-state index in [-0.39, 0.29) is 0 Å². The second-order valence-corrected chi connectivity index (χ2v) is 4.14. The van der Waals surface area contributed by atoms with E-state index >= 15 is 0 Å². The van der Waals surface area contributed by atoms with Gasteiger partial charge in [-0.2, -0.15) is 0 Å². The first-order chi connectivity index (χ1) is 8.45. The van der Waals surface area contributed by atoms with Crippen LogP contribution >= 0.6 is 0 Å². The predicted octanol–water partition coefficient (Wildman–Crippen LogP) is -2.68. The predicted molar refractivity (Wildman–Crippen MR) is 52.9 cm³/mol. The number of nitrogens with zero attached hydrogens (tertiary/aromatic N) is 1. The van der Waals surface area contributed by atoms with Crippen molar-refractivity contribution in [3.63, 3.8) is 0 Å². The first-order valence-electron chi connectivity index (χ1n) is 5.33. The number of hydrogen-bond donors (Lipinski definition) is 4. The van der Waals surface area contributed by atoms with Crippen molar-refractivity contribution in [3.8, 4) is 0 Å². The van der Waals surface area contributed by atoms with Gasteiger partial charge in [0, 0.05) is 0 Å². The van der Waals surface area contributed by atoms with Crippen LogP contribution < -0.4 is 5.32 Å². The monoisotopic (exact) mass is 264 g/mol. The van der Waals surface area contributed by atoms with Crippen LogP contribution in [0.4, 0.5) is 9.18 Å². The molecule has 2 saturated heterocycles. The Morgan fingerprint density at radius 2 is 2.06 bits per heavy atom. The molecule has 0 radical (unpaired) electrons. The van der Waals surface area contributed by atoms with Crippen molar-refractivity contribution < 1.29 is 34.0 Å². The minimum absolute atomic E-state index is 0.553. The summed E-state index contributed by atoms with van der Waals surface area (Å²) in [6, 6.07) is -0.913. The molecule has 0 aromatic heterocycles. The van der Waals surface area contributed by atoms with Gasteiger partial charge in [0.1, 0.15) is 18.3 Å². The fraction of sp³-hybridized carbons (Fsp3) is 0.778. The molecule has 5 atom stereocenters. The van der Waals surface area contributed by atoms with Crippen molar-refractivity contribution in [1.82, 2.24) is 10.2 Å². The third kappa shape index (κ3) is 2.05. The summed E-state index contributed by atoms with van der Waals surface area (Å²) in [7, 11) is 0. The molecule has 2 fully saturated rings. The topological polar surface area (TPSA) is 119 Å². The highest BCUT2D eigenvalue weighted by atomic mass is 19.1. The Kier molecular flexibility index (Phi) is 3.48. The molecule has 0 aromatic carbocycles. The lowest BCUT2D eigenvalue weighted by Gasteiger charge is -2.34. The molecule has 9 heteroatoms. The molecule has 4 N–H and O–H groups in total. The maximum atomic E-state index is 13.2. The van der Waals surface area contributed by atoms with Gasteiger partial charge in [0.05, 0.1) is 13.2 Å². The zero-order chi connectivity index (χ0) is 13.4. The number of aliphatic hydroxyl groups excluding tert-OH is 3. The lowest BCUT2D eigenvalue weighted by molar-refractivity contribution is -0.132. The number of carbonyl (C=O) groups excluding carboxylic acids is 2. The molecule has 8 nitrogen and oxygen atoms in total. The maximum Gasteiger partial charge on any atom is 0.326 e. The van der Waals surface area contributed by atoms with Crippen molar-refractivity contribution in [2.45, 2.75) is 30.7 Å². The van der Waals surface area contributed by atoms with Crippen molar-refractivity contribution >= 4 is 11.9 Å². The summed E-state index contributed by atoms with van der Waals surface area (Å²) >= 11 is 0. The number of amides is 3. The van der Waals surface area contributed by atoms with Gasteiger partial charge in [-0.3, -0.25) is 15.0 Å². The van der Waals surface area contributed by atoms with Gasteiger partial charge in [-0.1, -0.05) is 0 Å². The molecule has 2 aliphatic rings. The van der Waals surface area contributed by atoms with E-state index in [0.717, 1.165) is 4.90 Å². The summed E-state index contributed by atoms with van der Waals surface area (Å²) in [6.07, 6.45) is -7.16. The normalized spacial score (nSPS) is 41.1. The van der Waals surface area contributed by atoms with Crippen molar-refractivity contribution in [3.05, 3.63) is 0 Å². The average molecular weight is 264 g/mol. The maximum absolute atomic E-state index is 13.2. The van der Waals surface area contributed by atoms with Crippen molar-refractivity contribution in [2.24, 2.45) is 0 Å². The lowest BCUT2D eigenvalue weighted by atomic mass is 10.1. The highest BCUT2D eigenvalue weighted by Crippen LogP contribution is 2.25. The third-order valence-electron chi connectivity index (χ3n) is 2.96. The number of urea groups is 1. The van der Waals surface area contributed by atoms with Crippen LogP contribution in [0.25, 0.3) is 0 Å². The highest BCUT2D eigenvalue weighted by Gasteiger charge is 2.49. The average Bonchev–Trinajstić information content (AvgIpc) is 2.61. The first-order valence-corrected chi connectivity index (χ1v) is 5.33. The van der Waals surface area contributed by atoms with E-state index in [2.05, 4.69) is 0 Å². The number of rotatable bonds is 2. The van der Waals surface area contributed by atoms with Gasteiger partial charge in [0.25, 0.3) is 5.91 Å². The van der Waals surface area contributed by atoms with Crippen LogP contribution in [-0.4, -0.2) is 76.0 Å². The van der Waals surface area contributed by atoms with Gasteiger partial charge in [0.15, 0.2) is 12.4 Å². The molecule has 0 saturated carbocycles. The van der Waals surface area contributed by atoms with Crippen LogP contribution in [-0.2, 0) is 9.53 Å². The fourth-order valence-electron chi connectivity index (χ4n) is 1.95. The number of halogens is 1. The lowest BCUT2D eigenvalue weighted by Crippen LogP contribution is -2.60. The van der Waals surface area contributed by atoms with Crippen LogP contribution in [0.15, 0.2) is 0 Å². The van der Waals surface area contributed by atoms with E-state index in [1.54, 1.807) is 5.32 Å². The number of hydrogen-bond acceptors (Lipinski definition) is 6. The first kappa shape index (κ1) is 13.1. The Balaban J connectivity index is 2.12. The van der Waals surface area contributed by atoms with Gasteiger partial charge in [-0.15, -0.1) is 0 Å². The molecule has 1 unspecified atom stereocenters. The molecule has 0 aliphatic carbocycles. The summed E-state index contributed by atoms with van der Waals surface area (Å²) in [5, 5.41) is 29.8. The zero-order valence-electron chi connectivity index (χ0n) is 9.19. The van der Waals surface area contributed by atoms with Crippen molar-refractivity contribution in [2.75, 3.05) is 13.2 Å². The summed E-state index contributed by atoms with van der Waals surface area (Å²) < 4.78 is 18.3. The Labute approximate surface area is 101 Å². The molecular formula is C9H13FN2O6. The minimum Gasteiger partial charge on any atom is -0.394 e. The summed E-state index contributed by atoms with van der Waals surface area (Å²) in [6.45, 7) is -1.13. The SMILES string of the molecule is O=C1NC(=O)N([C@@H]2O[C@H](CO)[C@@H](O)[C@H]2O)CC1F. The van der Waals surface area contributed by atoms with E-state index in [9.17, 15) is 24.2 Å². The molecule has 18 heavy (non-hydrogen) atoms. The van der Waals surface area contributed by atoms with Gasteiger partial charge in [0.2, 0.25) is 0 Å². The van der Waals surface area contributed by atoms with E-state index in [4.69, 9.17) is 9.84 Å². The quantitative estimate of drug-likeness (QED) is 0.431. The van der Waals surface area contributed by atoms with Gasteiger partial charge in [-0.05, 0) is 0 Å². The molecule has 2 aliphatic heterocycles. The number of ether oxygens (including phenoxy) is 1. The van der Waals surface area contributed by atoms with E-state index in [1.807, 2.05) is 0 Å². The number of nitrogens with one attached hydrogen (secondary N) is 1. The Hall–Kier alpha value is -1.29. The highest BCUT2D eigenvalue weighted by molar-refractivity contribution is 5.99. The van der Waals surface area contributed by atoms with Gasteiger partial charge in [-0.25, -0.2) is 9.18 Å². The number of carbonyl (C=O) groups is 2. The third-order valence-corrected chi connectivity index (χ3v) is 2.96. The Morgan fingerprint density at radius 1 is 1.39 bits per heavy atom. The molecule has 0 aromatic rings. The van der Waals surface area contributed by atoms with Gasteiger partial charge < -0.3 is 20.1 Å². The zero-order valence-corrected chi connectivity index (χ0v) is 9.19. The largest absolute Gasteiger partial charge is 0.394 e. The van der Waals surface area contributed by atoms with Crippen molar-refractivity contribution in [1.29, 1.82) is 0 Å². The van der Waals surface area contributed by atoms with Gasteiger partial charge >= 0.3 is 6.03 Å². The molecule has 102 valence electrons. The molecule has 0 bridgehead atoms. The molecule has 0 spiro atoms. The van der Waals surface area contributed by atoms with Crippen LogP contribution in [0.3, 0.4) is 0 Å². The summed E-state index contributed by atoms with van der Waals surface area (Å²) in [5.41, 5.74) is 0. The Morgan fingerprint density at radius 3 is 2.61 bits per heavy atom. The van der Waals surface area contributed by atoms with Crippen LogP contribution in [0.2, 0.25) is 0 Å². The Bertz CT molecular complexity index is 367. The van der Waals surface area contributed by atoms with E-state index < -0.39 is 55.8 Å². The van der Waals surface area contributed by atoms with Crippen LogP contribution in [0.1, 0.15) is 0 Å². The second kappa shape index (κ2) is 4.76. The summed E-state index contributed by atoms with van der Waals surface area (Å²) in [4.78, 5) is 23.2. The van der Waals surface area contributed by atoms with E-state index in [0.29, 0.717) is 0 Å². The molecule has 2 rings (SSSR count). The minimum atomic E-state index is -1.93. The number of alkyl halides is 1. The van der Waals surface area contributed by atoms with Crippen LogP contribution in [0.5, 0.6) is 0 Å². The standard InChI is InChI=1S/C9H13FN2O6/c10-3-1-12(9(17)11-7(3)16)8-6(15)5(14)4(2-13)18-8/h3-6,8,13-15H,1-2H2,(H,11,16,17)/t3?,4-,5-,6-,8-/m1/s1. The van der Waals surface area contributed by atoms with E-state index in [1.165, 1.54) is 0 Å². The number of imide groups is 1. The summed E-state index contributed by atoms with van der Waals surface area (Å²) in [5.74, 6) is -1.05. The molecule has 2 heterocycles.